The molecule has 0 aromatic carbocycles. The largest absolute Gasteiger partial charge is 0.369 e. The monoisotopic (exact) mass is 208 g/mol. The van der Waals surface area contributed by atoms with Gasteiger partial charge < -0.3 is 11.5 Å². The van der Waals surface area contributed by atoms with Gasteiger partial charge in [0.15, 0.2) is 0 Å². The first-order valence-corrected chi connectivity index (χ1v) is 6.08. The number of carbonyl (C=O) groups excluding carboxylic acids is 1. The van der Waals surface area contributed by atoms with Crippen LogP contribution in [0, 0.1) is 22.7 Å². The minimum atomic E-state index is -0.177. The van der Waals surface area contributed by atoms with Crippen molar-refractivity contribution in [2.75, 3.05) is 6.54 Å². The molecule has 4 aliphatic carbocycles. The maximum Gasteiger partial charge on any atom is 0.223 e. The standard InChI is InChI=1S/C12H20N2O/c13-7-11-2-8-1-9(3-11)5-12(4-8,6-11)10(14)15/h8-9H,1-7,13H2,(H2,14,15). The fourth-order valence-corrected chi connectivity index (χ4v) is 4.98. The van der Waals surface area contributed by atoms with Crippen LogP contribution in [0.25, 0.3) is 0 Å². The summed E-state index contributed by atoms with van der Waals surface area (Å²) in [6.45, 7) is 0.745. The Balaban J connectivity index is 1.99. The summed E-state index contributed by atoms with van der Waals surface area (Å²) in [4.78, 5) is 11.7. The van der Waals surface area contributed by atoms with Crippen LogP contribution < -0.4 is 11.5 Å². The molecule has 4 saturated carbocycles. The molecule has 1 amide bonds. The minimum Gasteiger partial charge on any atom is -0.369 e. The van der Waals surface area contributed by atoms with Gasteiger partial charge in [-0.15, -0.1) is 0 Å². The van der Waals surface area contributed by atoms with Crippen LogP contribution in [-0.2, 0) is 4.79 Å². The summed E-state index contributed by atoms with van der Waals surface area (Å²) in [5.74, 6) is 1.39. The quantitative estimate of drug-likeness (QED) is 0.711. The van der Waals surface area contributed by atoms with Crippen LogP contribution in [0.5, 0.6) is 0 Å². The summed E-state index contributed by atoms with van der Waals surface area (Å²) in [7, 11) is 0. The molecule has 4 bridgehead atoms. The van der Waals surface area contributed by atoms with E-state index in [1.807, 2.05) is 0 Å². The summed E-state index contributed by atoms with van der Waals surface area (Å²) >= 11 is 0. The van der Waals surface area contributed by atoms with Crippen LogP contribution in [0.2, 0.25) is 0 Å². The van der Waals surface area contributed by atoms with Gasteiger partial charge in [-0.3, -0.25) is 4.79 Å². The van der Waals surface area contributed by atoms with Gasteiger partial charge in [0.25, 0.3) is 0 Å². The molecule has 0 aliphatic heterocycles. The van der Waals surface area contributed by atoms with Gasteiger partial charge in [-0.2, -0.15) is 0 Å². The lowest BCUT2D eigenvalue weighted by Crippen LogP contribution is -2.58. The fourth-order valence-electron chi connectivity index (χ4n) is 4.98. The summed E-state index contributed by atoms with van der Waals surface area (Å²) in [6, 6.07) is 0. The van der Waals surface area contributed by atoms with E-state index in [-0.39, 0.29) is 16.7 Å². The maximum atomic E-state index is 11.7. The van der Waals surface area contributed by atoms with Crippen molar-refractivity contribution < 1.29 is 4.79 Å². The summed E-state index contributed by atoms with van der Waals surface area (Å²) in [6.07, 6.45) is 6.86. The zero-order valence-corrected chi connectivity index (χ0v) is 9.17. The van der Waals surface area contributed by atoms with Crippen LogP contribution >= 0.6 is 0 Å². The van der Waals surface area contributed by atoms with Crippen LogP contribution in [-0.4, -0.2) is 12.5 Å². The molecule has 0 saturated heterocycles. The molecule has 4 rings (SSSR count). The molecular weight excluding hydrogens is 188 g/mol. The molecule has 2 unspecified atom stereocenters. The molecular formula is C12H20N2O. The Bertz CT molecular complexity index is 299. The Morgan fingerprint density at radius 1 is 1.20 bits per heavy atom. The van der Waals surface area contributed by atoms with Gasteiger partial charge in [0.2, 0.25) is 5.91 Å². The van der Waals surface area contributed by atoms with Crippen LogP contribution in [0.4, 0.5) is 0 Å². The van der Waals surface area contributed by atoms with E-state index in [0.29, 0.717) is 0 Å². The molecule has 84 valence electrons. The molecule has 2 atom stereocenters. The number of primary amides is 1. The number of nitrogens with two attached hydrogens (primary N) is 2. The summed E-state index contributed by atoms with van der Waals surface area (Å²) < 4.78 is 0. The average Bonchev–Trinajstić information content (AvgIpc) is 2.15. The summed E-state index contributed by atoms with van der Waals surface area (Å²) in [5, 5.41) is 0. The molecule has 4 aliphatic rings. The van der Waals surface area contributed by atoms with E-state index >= 15 is 0 Å². The van der Waals surface area contributed by atoms with E-state index in [2.05, 4.69) is 0 Å². The number of hydrogen-bond donors (Lipinski definition) is 2. The Morgan fingerprint density at radius 2 is 1.80 bits per heavy atom. The van der Waals surface area contributed by atoms with Gasteiger partial charge in [0.05, 0.1) is 5.41 Å². The molecule has 0 aromatic heterocycles. The van der Waals surface area contributed by atoms with Crippen LogP contribution in [0.3, 0.4) is 0 Å². The molecule has 4 N–H and O–H groups in total. The van der Waals surface area contributed by atoms with Crippen molar-refractivity contribution in [3.05, 3.63) is 0 Å². The highest BCUT2D eigenvalue weighted by atomic mass is 16.1. The fraction of sp³-hybridized carbons (Fsp3) is 0.917. The predicted octanol–water partition coefficient (Wildman–Crippen LogP) is 1.02. The zero-order chi connectivity index (χ0) is 10.7. The highest BCUT2D eigenvalue weighted by molar-refractivity contribution is 5.81. The highest BCUT2D eigenvalue weighted by Gasteiger charge is 2.59. The maximum absolute atomic E-state index is 11.7. The van der Waals surface area contributed by atoms with E-state index < -0.39 is 0 Å². The Labute approximate surface area is 90.6 Å². The smallest absolute Gasteiger partial charge is 0.223 e. The second-order valence-corrected chi connectivity index (χ2v) is 6.31. The third-order valence-corrected chi connectivity index (χ3v) is 5.14. The van der Waals surface area contributed by atoms with Crippen LogP contribution in [0.1, 0.15) is 38.5 Å². The van der Waals surface area contributed by atoms with Crippen molar-refractivity contribution in [3.63, 3.8) is 0 Å². The van der Waals surface area contributed by atoms with E-state index in [0.717, 1.165) is 37.6 Å². The van der Waals surface area contributed by atoms with Crippen molar-refractivity contribution in [1.82, 2.24) is 0 Å². The second-order valence-electron chi connectivity index (χ2n) is 6.31. The third kappa shape index (κ3) is 1.19. The predicted molar refractivity (Wildman–Crippen MR) is 57.8 cm³/mol. The molecule has 0 radical (unpaired) electrons. The highest BCUT2D eigenvalue weighted by Crippen LogP contribution is 2.64. The molecule has 0 spiro atoms. The van der Waals surface area contributed by atoms with Gasteiger partial charge >= 0.3 is 0 Å². The first kappa shape index (κ1) is 9.64. The molecule has 0 aromatic rings. The number of hydrogen-bond acceptors (Lipinski definition) is 2. The molecule has 3 nitrogen and oxygen atoms in total. The minimum absolute atomic E-state index is 0.0607. The molecule has 0 heterocycles. The van der Waals surface area contributed by atoms with Crippen molar-refractivity contribution in [3.8, 4) is 0 Å². The summed E-state index contributed by atoms with van der Waals surface area (Å²) in [5.41, 5.74) is 11.6. The lowest BCUT2D eigenvalue weighted by Gasteiger charge is -2.60. The van der Waals surface area contributed by atoms with Crippen molar-refractivity contribution in [1.29, 1.82) is 0 Å². The lowest BCUT2D eigenvalue weighted by atomic mass is 9.44. The van der Waals surface area contributed by atoms with E-state index in [9.17, 15) is 4.79 Å². The number of amides is 1. The van der Waals surface area contributed by atoms with Crippen molar-refractivity contribution >= 4 is 5.91 Å². The van der Waals surface area contributed by atoms with E-state index in [4.69, 9.17) is 11.5 Å². The van der Waals surface area contributed by atoms with Crippen molar-refractivity contribution in [2.24, 2.45) is 34.1 Å². The van der Waals surface area contributed by atoms with E-state index in [1.165, 1.54) is 19.3 Å². The molecule has 15 heavy (non-hydrogen) atoms. The van der Waals surface area contributed by atoms with Gasteiger partial charge in [0.1, 0.15) is 0 Å². The molecule has 4 fully saturated rings. The van der Waals surface area contributed by atoms with Gasteiger partial charge in [-0.1, -0.05) is 0 Å². The van der Waals surface area contributed by atoms with Crippen molar-refractivity contribution in [2.45, 2.75) is 38.5 Å². The third-order valence-electron chi connectivity index (χ3n) is 5.14. The first-order chi connectivity index (χ1) is 7.07. The Hall–Kier alpha value is -0.570. The van der Waals surface area contributed by atoms with Gasteiger partial charge in [0, 0.05) is 0 Å². The Kier molecular flexibility index (Phi) is 1.77. The Morgan fingerprint density at radius 3 is 2.27 bits per heavy atom. The normalized spacial score (nSPS) is 52.1. The number of carbonyl (C=O) groups is 1. The van der Waals surface area contributed by atoms with Gasteiger partial charge in [-0.25, -0.2) is 0 Å². The zero-order valence-electron chi connectivity index (χ0n) is 9.17. The SMILES string of the molecule is NCC12CC3CC(C1)CC(C(N)=O)(C3)C2. The first-order valence-electron chi connectivity index (χ1n) is 6.08. The average molecular weight is 208 g/mol. The number of rotatable bonds is 2. The van der Waals surface area contributed by atoms with Gasteiger partial charge in [-0.05, 0) is 62.3 Å². The lowest BCUT2D eigenvalue weighted by molar-refractivity contribution is -0.152. The second kappa shape index (κ2) is 2.76. The molecule has 3 heteroatoms. The van der Waals surface area contributed by atoms with E-state index in [1.54, 1.807) is 0 Å². The topological polar surface area (TPSA) is 69.1 Å². The van der Waals surface area contributed by atoms with Crippen LogP contribution in [0.15, 0.2) is 0 Å².